The summed E-state index contributed by atoms with van der Waals surface area (Å²) in [6.45, 7) is 0. The van der Waals surface area contributed by atoms with Crippen LogP contribution in [0, 0.1) is 6.26 Å². The second-order valence-corrected chi connectivity index (χ2v) is 5.44. The van der Waals surface area contributed by atoms with Gasteiger partial charge in [0.15, 0.2) is 9.84 Å². The van der Waals surface area contributed by atoms with Crippen LogP contribution in [0.1, 0.15) is 5.82 Å². The summed E-state index contributed by atoms with van der Waals surface area (Å²) >= 11 is 0. The number of hydrogen-bond acceptors (Lipinski definition) is 4. The van der Waals surface area contributed by atoms with Gasteiger partial charge in [0.05, 0.1) is 17.5 Å². The summed E-state index contributed by atoms with van der Waals surface area (Å²) in [5.41, 5.74) is 0.828. The molecule has 5 heteroatoms. The van der Waals surface area contributed by atoms with Crippen molar-refractivity contribution < 1.29 is 8.42 Å². The molecule has 0 saturated carbocycles. The number of sulfone groups is 1. The van der Waals surface area contributed by atoms with Gasteiger partial charge in [-0.3, -0.25) is 0 Å². The summed E-state index contributed by atoms with van der Waals surface area (Å²) in [7, 11) is -3.21. The van der Waals surface area contributed by atoms with Gasteiger partial charge in [-0.05, 0) is 6.07 Å². The van der Waals surface area contributed by atoms with Crippen molar-refractivity contribution in [1.82, 2.24) is 9.97 Å². The van der Waals surface area contributed by atoms with Gasteiger partial charge in [0.2, 0.25) is 0 Å². The lowest BCUT2D eigenvalue weighted by Crippen LogP contribution is -2.06. The smallest absolute Gasteiger partial charge is 0.151 e. The average Bonchev–Trinajstić information content (AvgIpc) is 2.25. The molecule has 0 bridgehead atoms. The summed E-state index contributed by atoms with van der Waals surface area (Å²) < 4.78 is 21.8. The molecular formula is C11H11N2O2S. The molecule has 0 unspecified atom stereocenters. The molecule has 0 atom stereocenters. The number of rotatable bonds is 3. The lowest BCUT2D eigenvalue weighted by atomic mass is 10.2. The Morgan fingerprint density at radius 2 is 2.00 bits per heavy atom. The highest BCUT2D eigenvalue weighted by molar-refractivity contribution is 7.92. The Labute approximate surface area is 94.3 Å². The maximum atomic E-state index is 10.9. The monoisotopic (exact) mass is 235 g/mol. The van der Waals surface area contributed by atoms with E-state index in [1.54, 1.807) is 6.20 Å². The summed E-state index contributed by atoms with van der Waals surface area (Å²) in [4.78, 5) is 8.38. The first-order chi connectivity index (χ1) is 7.54. The van der Waals surface area contributed by atoms with Crippen molar-refractivity contribution >= 4 is 20.7 Å². The quantitative estimate of drug-likeness (QED) is 0.806. The van der Waals surface area contributed by atoms with Crippen molar-refractivity contribution in [1.29, 1.82) is 0 Å². The predicted octanol–water partition coefficient (Wildman–Crippen LogP) is 1.38. The Morgan fingerprint density at radius 1 is 1.25 bits per heavy atom. The first-order valence-electron chi connectivity index (χ1n) is 4.81. The van der Waals surface area contributed by atoms with E-state index in [9.17, 15) is 8.42 Å². The minimum atomic E-state index is -3.21. The number of aryl methyl sites for hydroxylation is 1. The van der Waals surface area contributed by atoms with Gasteiger partial charge in [-0.15, -0.1) is 0 Å². The van der Waals surface area contributed by atoms with Gasteiger partial charge in [-0.2, -0.15) is 0 Å². The van der Waals surface area contributed by atoms with E-state index in [1.165, 1.54) is 0 Å². The first-order valence-corrected chi connectivity index (χ1v) is 6.63. The summed E-state index contributed by atoms with van der Waals surface area (Å²) in [6.07, 6.45) is 5.07. The van der Waals surface area contributed by atoms with Crippen LogP contribution in [0.5, 0.6) is 0 Å². The molecule has 16 heavy (non-hydrogen) atoms. The van der Waals surface area contributed by atoms with Gasteiger partial charge < -0.3 is 0 Å². The Bertz CT molecular complexity index is 608. The summed E-state index contributed by atoms with van der Waals surface area (Å²) in [6, 6.07) is 7.58. The lowest BCUT2D eigenvalue weighted by molar-refractivity contribution is 0.603. The summed E-state index contributed by atoms with van der Waals surface area (Å²) in [5, 5.41) is 0.948. The minimum Gasteiger partial charge on any atom is -0.241 e. The second-order valence-electron chi connectivity index (χ2n) is 3.54. The zero-order valence-electron chi connectivity index (χ0n) is 8.63. The Hall–Kier alpha value is -1.49. The van der Waals surface area contributed by atoms with Gasteiger partial charge in [0, 0.05) is 18.0 Å². The SMILES string of the molecule is [CH2]S(=O)(=O)CCc1ncc2ccccc2n1. The number of fused-ring (bicyclic) bond motifs is 1. The highest BCUT2D eigenvalue weighted by atomic mass is 32.2. The average molecular weight is 235 g/mol. The van der Waals surface area contributed by atoms with E-state index in [0.29, 0.717) is 12.2 Å². The zero-order chi connectivity index (χ0) is 11.6. The van der Waals surface area contributed by atoms with Crippen LogP contribution in [0.4, 0.5) is 0 Å². The lowest BCUT2D eigenvalue weighted by Gasteiger charge is -2.00. The number of hydrogen-bond donors (Lipinski definition) is 0. The molecule has 1 aromatic carbocycles. The highest BCUT2D eigenvalue weighted by Crippen LogP contribution is 2.09. The molecule has 0 fully saturated rings. The molecule has 2 aromatic rings. The number of para-hydroxylation sites is 1. The van der Waals surface area contributed by atoms with Crippen LogP contribution in [0.15, 0.2) is 30.5 Å². The molecule has 1 radical (unpaired) electrons. The van der Waals surface area contributed by atoms with Crippen molar-refractivity contribution in [2.75, 3.05) is 5.75 Å². The van der Waals surface area contributed by atoms with E-state index in [-0.39, 0.29) is 5.75 Å². The van der Waals surface area contributed by atoms with Crippen molar-refractivity contribution in [2.45, 2.75) is 6.42 Å². The van der Waals surface area contributed by atoms with E-state index < -0.39 is 9.84 Å². The fraction of sp³-hybridized carbons (Fsp3) is 0.182. The first kappa shape index (κ1) is 11.0. The van der Waals surface area contributed by atoms with Gasteiger partial charge in [-0.1, -0.05) is 18.2 Å². The number of nitrogens with zero attached hydrogens (tertiary/aromatic N) is 2. The van der Waals surface area contributed by atoms with Gasteiger partial charge in [0.1, 0.15) is 5.82 Å². The molecule has 83 valence electrons. The van der Waals surface area contributed by atoms with Crippen LogP contribution in [0.25, 0.3) is 10.9 Å². The normalized spacial score (nSPS) is 11.8. The molecule has 0 aliphatic carbocycles. The van der Waals surface area contributed by atoms with Crippen molar-refractivity contribution in [3.05, 3.63) is 42.5 Å². The van der Waals surface area contributed by atoms with Crippen LogP contribution in [-0.2, 0) is 16.3 Å². The van der Waals surface area contributed by atoms with E-state index in [1.807, 2.05) is 24.3 Å². The fourth-order valence-corrected chi connectivity index (χ4v) is 1.87. The molecule has 0 aliphatic heterocycles. The minimum absolute atomic E-state index is 0.0225. The molecule has 1 aromatic heterocycles. The maximum Gasteiger partial charge on any atom is 0.151 e. The molecule has 0 N–H and O–H groups in total. The van der Waals surface area contributed by atoms with Gasteiger partial charge >= 0.3 is 0 Å². The van der Waals surface area contributed by atoms with E-state index in [4.69, 9.17) is 0 Å². The van der Waals surface area contributed by atoms with E-state index >= 15 is 0 Å². The number of benzene rings is 1. The Balaban J connectivity index is 2.26. The second kappa shape index (κ2) is 4.17. The molecular weight excluding hydrogens is 224 g/mol. The van der Waals surface area contributed by atoms with E-state index in [0.717, 1.165) is 10.9 Å². The van der Waals surface area contributed by atoms with Crippen molar-refractivity contribution in [3.8, 4) is 0 Å². The third-order valence-corrected chi connectivity index (χ3v) is 3.00. The zero-order valence-corrected chi connectivity index (χ0v) is 9.44. The third kappa shape index (κ3) is 2.76. The van der Waals surface area contributed by atoms with Crippen LogP contribution < -0.4 is 0 Å². The van der Waals surface area contributed by atoms with Crippen molar-refractivity contribution in [2.24, 2.45) is 0 Å². The Morgan fingerprint density at radius 3 is 2.75 bits per heavy atom. The largest absolute Gasteiger partial charge is 0.241 e. The van der Waals surface area contributed by atoms with Crippen LogP contribution in [0.2, 0.25) is 0 Å². The predicted molar refractivity (Wildman–Crippen MR) is 62.4 cm³/mol. The Kier molecular flexibility index (Phi) is 2.87. The van der Waals surface area contributed by atoms with E-state index in [2.05, 4.69) is 16.2 Å². The van der Waals surface area contributed by atoms with Crippen LogP contribution >= 0.6 is 0 Å². The molecule has 4 nitrogen and oxygen atoms in total. The van der Waals surface area contributed by atoms with Crippen molar-refractivity contribution in [3.63, 3.8) is 0 Å². The van der Waals surface area contributed by atoms with Gasteiger partial charge in [0.25, 0.3) is 0 Å². The molecule has 0 amide bonds. The summed E-state index contributed by atoms with van der Waals surface area (Å²) in [5.74, 6) is 0.511. The molecule has 0 spiro atoms. The highest BCUT2D eigenvalue weighted by Gasteiger charge is 2.05. The van der Waals surface area contributed by atoms with Crippen LogP contribution in [0.3, 0.4) is 0 Å². The molecule has 0 saturated heterocycles. The molecule has 1 heterocycles. The number of aromatic nitrogens is 2. The van der Waals surface area contributed by atoms with Crippen LogP contribution in [-0.4, -0.2) is 24.1 Å². The maximum absolute atomic E-state index is 10.9. The standard InChI is InChI=1S/C11H11N2O2S/c1-16(14,15)7-6-11-12-8-9-4-2-3-5-10(9)13-11/h2-5,8H,1,6-7H2. The fourth-order valence-electron chi connectivity index (χ4n) is 1.38. The third-order valence-electron chi connectivity index (χ3n) is 2.18. The topological polar surface area (TPSA) is 59.9 Å². The molecule has 2 rings (SSSR count). The molecule has 0 aliphatic rings. The van der Waals surface area contributed by atoms with Gasteiger partial charge in [-0.25, -0.2) is 18.4 Å².